The fourth-order valence-electron chi connectivity index (χ4n) is 2.63. The van der Waals surface area contributed by atoms with E-state index < -0.39 is 0 Å². The minimum Gasteiger partial charge on any atom is -0.325 e. The van der Waals surface area contributed by atoms with Crippen molar-refractivity contribution in [3.63, 3.8) is 0 Å². The van der Waals surface area contributed by atoms with Gasteiger partial charge >= 0.3 is 0 Å². The fourth-order valence-corrected chi connectivity index (χ4v) is 2.77. The van der Waals surface area contributed by atoms with Crippen LogP contribution in [0.25, 0.3) is 11.4 Å². The van der Waals surface area contributed by atoms with Gasteiger partial charge in [0, 0.05) is 24.2 Å². The molecule has 1 aromatic carbocycles. The first-order valence-corrected chi connectivity index (χ1v) is 8.28. The Kier molecular flexibility index (Phi) is 4.34. The van der Waals surface area contributed by atoms with Gasteiger partial charge in [-0.25, -0.2) is 0 Å². The molecule has 1 amide bonds. The van der Waals surface area contributed by atoms with Gasteiger partial charge in [0.15, 0.2) is 5.82 Å². The topological polar surface area (TPSA) is 59.8 Å². The van der Waals surface area contributed by atoms with Gasteiger partial charge in [0.05, 0.1) is 5.33 Å². The third kappa shape index (κ3) is 3.15. The molecule has 0 fully saturated rings. The summed E-state index contributed by atoms with van der Waals surface area (Å²) in [5, 5.41) is 11.8. The number of aromatic nitrogens is 3. The maximum atomic E-state index is 11.5. The number of aryl methyl sites for hydroxylation is 1. The highest BCUT2D eigenvalue weighted by molar-refractivity contribution is 9.09. The largest absolute Gasteiger partial charge is 0.325 e. The van der Waals surface area contributed by atoms with Crippen molar-refractivity contribution in [2.45, 2.75) is 32.2 Å². The Hall–Kier alpha value is -1.69. The maximum Gasteiger partial charge on any atom is 0.235 e. The van der Waals surface area contributed by atoms with Gasteiger partial charge in [-0.1, -0.05) is 34.5 Å². The smallest absolute Gasteiger partial charge is 0.235 e. The van der Waals surface area contributed by atoms with Crippen molar-refractivity contribution < 1.29 is 4.79 Å². The third-order valence-corrected chi connectivity index (χ3v) is 4.14. The van der Waals surface area contributed by atoms with Crippen molar-refractivity contribution in [3.05, 3.63) is 30.1 Å². The number of alkyl halides is 1. The number of nitrogens with one attached hydrogen (secondary N) is 1. The molecule has 0 atom stereocenters. The average molecular weight is 349 g/mol. The second-order valence-electron chi connectivity index (χ2n) is 5.16. The van der Waals surface area contributed by atoms with Crippen molar-refractivity contribution in [1.29, 1.82) is 0 Å². The summed E-state index contributed by atoms with van der Waals surface area (Å²) in [4.78, 5) is 11.5. The predicted molar refractivity (Wildman–Crippen MR) is 85.4 cm³/mol. The maximum absolute atomic E-state index is 11.5. The van der Waals surface area contributed by atoms with Crippen LogP contribution in [-0.2, 0) is 17.8 Å². The summed E-state index contributed by atoms with van der Waals surface area (Å²) in [7, 11) is 0. The number of hydrogen-bond acceptors (Lipinski definition) is 3. The van der Waals surface area contributed by atoms with Crippen LogP contribution in [0.1, 0.15) is 25.1 Å². The molecule has 0 saturated heterocycles. The van der Waals surface area contributed by atoms with Gasteiger partial charge in [0.25, 0.3) is 0 Å². The fraction of sp³-hybridized carbons (Fsp3) is 0.400. The third-order valence-electron chi connectivity index (χ3n) is 3.64. The standard InChI is InChI=1S/C15H17BrN4O/c16-10-14(21)17-12-6-4-5-11(9-12)15-19-18-13-7-2-1-3-8-20(13)15/h4-6,9H,1-3,7-8,10H2,(H,17,21). The molecule has 2 aromatic rings. The number of fused-ring (bicyclic) bond motifs is 1. The minimum atomic E-state index is -0.0628. The lowest BCUT2D eigenvalue weighted by molar-refractivity contribution is -0.113. The Morgan fingerprint density at radius 2 is 2.19 bits per heavy atom. The van der Waals surface area contributed by atoms with E-state index in [4.69, 9.17) is 0 Å². The number of nitrogens with zero attached hydrogens (tertiary/aromatic N) is 3. The van der Waals surface area contributed by atoms with E-state index in [2.05, 4.69) is 36.0 Å². The highest BCUT2D eigenvalue weighted by Gasteiger charge is 2.16. The molecule has 21 heavy (non-hydrogen) atoms. The number of carbonyl (C=O) groups is 1. The molecule has 2 heterocycles. The highest BCUT2D eigenvalue weighted by Crippen LogP contribution is 2.24. The van der Waals surface area contributed by atoms with Crippen LogP contribution in [0, 0.1) is 0 Å². The lowest BCUT2D eigenvalue weighted by Crippen LogP contribution is -2.12. The van der Waals surface area contributed by atoms with Crippen molar-refractivity contribution in [1.82, 2.24) is 14.8 Å². The first-order chi connectivity index (χ1) is 10.3. The van der Waals surface area contributed by atoms with Gasteiger partial charge in [0.2, 0.25) is 5.91 Å². The molecule has 1 aromatic heterocycles. The van der Waals surface area contributed by atoms with Crippen LogP contribution in [0.5, 0.6) is 0 Å². The molecule has 1 aliphatic heterocycles. The number of anilines is 1. The zero-order valence-electron chi connectivity index (χ0n) is 11.7. The molecule has 1 N–H and O–H groups in total. The van der Waals surface area contributed by atoms with Crippen LogP contribution >= 0.6 is 15.9 Å². The van der Waals surface area contributed by atoms with Crippen molar-refractivity contribution in [2.24, 2.45) is 0 Å². The zero-order chi connectivity index (χ0) is 14.7. The number of amides is 1. The molecule has 5 nitrogen and oxygen atoms in total. The Labute approximate surface area is 131 Å². The summed E-state index contributed by atoms with van der Waals surface area (Å²) in [5.41, 5.74) is 1.77. The van der Waals surface area contributed by atoms with Crippen LogP contribution in [0.3, 0.4) is 0 Å². The second-order valence-corrected chi connectivity index (χ2v) is 5.73. The first-order valence-electron chi connectivity index (χ1n) is 7.16. The first kappa shape index (κ1) is 14.3. The zero-order valence-corrected chi connectivity index (χ0v) is 13.3. The average Bonchev–Trinajstić information content (AvgIpc) is 2.76. The van der Waals surface area contributed by atoms with E-state index in [0.717, 1.165) is 42.3 Å². The van der Waals surface area contributed by atoms with Crippen LogP contribution in [-0.4, -0.2) is 26.0 Å². The van der Waals surface area contributed by atoms with Gasteiger partial charge in [0.1, 0.15) is 5.82 Å². The molecule has 3 rings (SSSR count). The molecule has 110 valence electrons. The molecule has 0 aliphatic carbocycles. The van der Waals surface area contributed by atoms with Gasteiger partial charge in [-0.05, 0) is 25.0 Å². The summed E-state index contributed by atoms with van der Waals surface area (Å²) in [6, 6.07) is 7.76. The van der Waals surface area contributed by atoms with Crippen LogP contribution in [0.15, 0.2) is 24.3 Å². The van der Waals surface area contributed by atoms with Gasteiger partial charge in [-0.3, -0.25) is 4.79 Å². The summed E-state index contributed by atoms with van der Waals surface area (Å²) in [5.74, 6) is 1.89. The van der Waals surface area contributed by atoms with Crippen LogP contribution in [0.2, 0.25) is 0 Å². The number of benzene rings is 1. The quantitative estimate of drug-likeness (QED) is 0.867. The SMILES string of the molecule is O=C(CBr)Nc1cccc(-c2nnc3n2CCCCC3)c1. The van der Waals surface area contributed by atoms with Crippen LogP contribution < -0.4 is 5.32 Å². The minimum absolute atomic E-state index is 0.0628. The van der Waals surface area contributed by atoms with E-state index >= 15 is 0 Å². The highest BCUT2D eigenvalue weighted by atomic mass is 79.9. The second kappa shape index (κ2) is 6.39. The summed E-state index contributed by atoms with van der Waals surface area (Å²) in [6.07, 6.45) is 4.58. The van der Waals surface area contributed by atoms with Crippen LogP contribution in [0.4, 0.5) is 5.69 Å². The molecule has 1 aliphatic rings. The molecule has 0 saturated carbocycles. The van der Waals surface area contributed by atoms with Crippen molar-refractivity contribution in [2.75, 3.05) is 10.6 Å². The molecule has 0 unspecified atom stereocenters. The molecule has 0 radical (unpaired) electrons. The Balaban J connectivity index is 1.92. The lowest BCUT2D eigenvalue weighted by atomic mass is 10.2. The van der Waals surface area contributed by atoms with Crippen molar-refractivity contribution in [3.8, 4) is 11.4 Å². The number of halogens is 1. The van der Waals surface area contributed by atoms with E-state index in [9.17, 15) is 4.79 Å². The molecule has 0 spiro atoms. The summed E-state index contributed by atoms with van der Waals surface area (Å²) >= 11 is 3.15. The Bertz CT molecular complexity index is 653. The Morgan fingerprint density at radius 3 is 3.05 bits per heavy atom. The predicted octanol–water partition coefficient (Wildman–Crippen LogP) is 3.00. The van der Waals surface area contributed by atoms with E-state index in [1.54, 1.807) is 0 Å². The van der Waals surface area contributed by atoms with Gasteiger partial charge in [-0.15, -0.1) is 10.2 Å². The van der Waals surface area contributed by atoms with Gasteiger partial charge in [-0.2, -0.15) is 0 Å². The lowest BCUT2D eigenvalue weighted by Gasteiger charge is -2.09. The Morgan fingerprint density at radius 1 is 1.29 bits per heavy atom. The molecule has 6 heteroatoms. The number of hydrogen-bond donors (Lipinski definition) is 1. The molecular weight excluding hydrogens is 332 g/mol. The van der Waals surface area contributed by atoms with E-state index in [-0.39, 0.29) is 11.2 Å². The summed E-state index contributed by atoms with van der Waals surface area (Å²) < 4.78 is 2.21. The van der Waals surface area contributed by atoms with Gasteiger partial charge < -0.3 is 9.88 Å². The molecule has 0 bridgehead atoms. The number of rotatable bonds is 3. The summed E-state index contributed by atoms with van der Waals surface area (Å²) in [6.45, 7) is 0.968. The molecular formula is C15H17BrN4O. The monoisotopic (exact) mass is 348 g/mol. The van der Waals surface area contributed by atoms with E-state index in [1.165, 1.54) is 12.8 Å². The normalized spacial score (nSPS) is 14.3. The van der Waals surface area contributed by atoms with Crippen molar-refractivity contribution >= 4 is 27.5 Å². The van der Waals surface area contributed by atoms with E-state index in [0.29, 0.717) is 0 Å². The van der Waals surface area contributed by atoms with E-state index in [1.807, 2.05) is 24.3 Å². The number of carbonyl (C=O) groups excluding carboxylic acids is 1.